The van der Waals surface area contributed by atoms with Crippen LogP contribution in [0.4, 0.5) is 17.6 Å². The molecule has 3 rings (SSSR count). The second kappa shape index (κ2) is 12.1. The van der Waals surface area contributed by atoms with E-state index in [2.05, 4.69) is 0 Å². The highest BCUT2D eigenvalue weighted by molar-refractivity contribution is 7.90. The third kappa shape index (κ3) is 7.77. The molecule has 0 bridgehead atoms. The van der Waals surface area contributed by atoms with Crippen molar-refractivity contribution in [1.82, 2.24) is 4.90 Å². The van der Waals surface area contributed by atoms with Crippen LogP contribution in [-0.2, 0) is 35.7 Å². The summed E-state index contributed by atoms with van der Waals surface area (Å²) in [4.78, 5) is 1.66. The van der Waals surface area contributed by atoms with Gasteiger partial charge in [0.15, 0.2) is 9.84 Å². The summed E-state index contributed by atoms with van der Waals surface area (Å²) < 4.78 is 84.1. The molecular formula is C27H29F4NO4S. The van der Waals surface area contributed by atoms with Crippen molar-refractivity contribution in [2.75, 3.05) is 19.4 Å². The van der Waals surface area contributed by atoms with Gasteiger partial charge in [-0.15, -0.1) is 0 Å². The number of alkyl halides is 3. The van der Waals surface area contributed by atoms with Crippen LogP contribution < -0.4 is 4.74 Å². The number of ether oxygens (including phenoxy) is 1. The lowest BCUT2D eigenvalue weighted by molar-refractivity contribution is -0.138. The molecule has 1 N–H and O–H groups in total. The smallest absolute Gasteiger partial charge is 0.416 e. The van der Waals surface area contributed by atoms with E-state index in [0.717, 1.165) is 24.0 Å². The summed E-state index contributed by atoms with van der Waals surface area (Å²) >= 11 is 0. The van der Waals surface area contributed by atoms with Crippen LogP contribution in [0.25, 0.3) is 0 Å². The van der Waals surface area contributed by atoms with Gasteiger partial charge in [-0.3, -0.25) is 4.90 Å². The van der Waals surface area contributed by atoms with Crippen molar-refractivity contribution in [3.8, 4) is 5.75 Å². The molecule has 0 radical (unpaired) electrons. The molecule has 0 spiro atoms. The molecule has 0 saturated carbocycles. The van der Waals surface area contributed by atoms with Crippen molar-refractivity contribution in [2.45, 2.75) is 44.1 Å². The zero-order valence-electron chi connectivity index (χ0n) is 20.6. The molecule has 0 saturated heterocycles. The highest BCUT2D eigenvalue weighted by Crippen LogP contribution is 2.33. The fourth-order valence-corrected chi connectivity index (χ4v) is 5.03. The molecule has 5 nitrogen and oxygen atoms in total. The summed E-state index contributed by atoms with van der Waals surface area (Å²) in [6.07, 6.45) is -3.08. The minimum atomic E-state index is -4.44. The molecule has 0 aliphatic carbocycles. The van der Waals surface area contributed by atoms with Crippen LogP contribution >= 0.6 is 0 Å². The first kappa shape index (κ1) is 28.6. The van der Waals surface area contributed by atoms with Crippen molar-refractivity contribution in [3.05, 3.63) is 94.3 Å². The SMILES string of the molecule is Cc1c(CN(CCCOc2cc(F)c(CO)c(S(C)(=O)=O)c2)Cc2ccccc2)cccc1C(F)(F)F. The fraction of sp³-hybridized carbons (Fsp3) is 0.333. The van der Waals surface area contributed by atoms with E-state index in [1.54, 1.807) is 6.07 Å². The number of hydrogen-bond acceptors (Lipinski definition) is 5. The molecule has 3 aromatic carbocycles. The average molecular weight is 540 g/mol. The zero-order valence-corrected chi connectivity index (χ0v) is 21.4. The van der Waals surface area contributed by atoms with Crippen LogP contribution in [0.2, 0.25) is 0 Å². The molecule has 0 amide bonds. The van der Waals surface area contributed by atoms with E-state index in [1.165, 1.54) is 19.1 Å². The first-order valence-electron chi connectivity index (χ1n) is 11.6. The van der Waals surface area contributed by atoms with Gasteiger partial charge in [-0.25, -0.2) is 12.8 Å². The van der Waals surface area contributed by atoms with E-state index in [4.69, 9.17) is 4.74 Å². The van der Waals surface area contributed by atoms with Gasteiger partial charge >= 0.3 is 6.18 Å². The molecule has 0 aliphatic heterocycles. The van der Waals surface area contributed by atoms with Gasteiger partial charge in [-0.1, -0.05) is 42.5 Å². The van der Waals surface area contributed by atoms with Crippen LogP contribution in [-0.4, -0.2) is 37.8 Å². The number of aliphatic hydroxyl groups is 1. The van der Waals surface area contributed by atoms with E-state index in [9.17, 15) is 31.1 Å². The van der Waals surface area contributed by atoms with Gasteiger partial charge in [-0.05, 0) is 42.2 Å². The molecular weight excluding hydrogens is 510 g/mol. The second-order valence-electron chi connectivity index (χ2n) is 8.80. The van der Waals surface area contributed by atoms with E-state index in [0.29, 0.717) is 25.1 Å². The maximum atomic E-state index is 14.3. The molecule has 0 aromatic heterocycles. The summed E-state index contributed by atoms with van der Waals surface area (Å²) in [6, 6.07) is 15.9. The van der Waals surface area contributed by atoms with E-state index in [-0.39, 0.29) is 34.9 Å². The molecule has 0 unspecified atom stereocenters. The number of nitrogens with zero attached hydrogens (tertiary/aromatic N) is 1. The van der Waals surface area contributed by atoms with Crippen molar-refractivity contribution >= 4 is 9.84 Å². The Hall–Kier alpha value is -2.95. The third-order valence-corrected chi connectivity index (χ3v) is 7.13. The lowest BCUT2D eigenvalue weighted by Gasteiger charge is -2.24. The Labute approximate surface area is 214 Å². The van der Waals surface area contributed by atoms with Crippen LogP contribution in [0.3, 0.4) is 0 Å². The van der Waals surface area contributed by atoms with Crippen molar-refractivity contribution in [2.24, 2.45) is 0 Å². The first-order valence-corrected chi connectivity index (χ1v) is 13.5. The minimum absolute atomic E-state index is 0.0125. The number of rotatable bonds is 11. The monoisotopic (exact) mass is 539 g/mol. The van der Waals surface area contributed by atoms with Crippen LogP contribution in [0, 0.1) is 12.7 Å². The highest BCUT2D eigenvalue weighted by atomic mass is 32.2. The normalized spacial score (nSPS) is 12.2. The largest absolute Gasteiger partial charge is 0.493 e. The topological polar surface area (TPSA) is 66.8 Å². The number of hydrogen-bond donors (Lipinski definition) is 1. The van der Waals surface area contributed by atoms with Gasteiger partial charge in [0.1, 0.15) is 11.6 Å². The Morgan fingerprint density at radius 1 is 1.00 bits per heavy atom. The summed E-state index contributed by atoms with van der Waals surface area (Å²) in [6.45, 7) is 2.05. The van der Waals surface area contributed by atoms with E-state index < -0.39 is 34.0 Å². The summed E-state index contributed by atoms with van der Waals surface area (Å²) in [5, 5.41) is 9.34. The van der Waals surface area contributed by atoms with Gasteiger partial charge in [0.05, 0.1) is 23.7 Å². The molecule has 200 valence electrons. The number of halogens is 4. The van der Waals surface area contributed by atoms with Crippen molar-refractivity contribution < 1.29 is 35.8 Å². The molecule has 0 atom stereocenters. The second-order valence-corrected chi connectivity index (χ2v) is 10.8. The summed E-state index contributed by atoms with van der Waals surface area (Å²) in [5.74, 6) is -0.871. The summed E-state index contributed by atoms with van der Waals surface area (Å²) in [7, 11) is -3.79. The molecule has 0 aliphatic rings. The third-order valence-electron chi connectivity index (χ3n) is 5.97. The average Bonchev–Trinajstić information content (AvgIpc) is 2.82. The van der Waals surface area contributed by atoms with Crippen LogP contribution in [0.5, 0.6) is 5.75 Å². The highest BCUT2D eigenvalue weighted by Gasteiger charge is 2.33. The van der Waals surface area contributed by atoms with Crippen molar-refractivity contribution in [3.63, 3.8) is 0 Å². The maximum Gasteiger partial charge on any atom is 0.416 e. The Morgan fingerprint density at radius 2 is 1.70 bits per heavy atom. The van der Waals surface area contributed by atoms with Crippen LogP contribution in [0.15, 0.2) is 65.6 Å². The predicted octanol–water partition coefficient (Wildman–Crippen LogP) is 5.52. The van der Waals surface area contributed by atoms with E-state index in [1.807, 2.05) is 35.2 Å². The summed E-state index contributed by atoms with van der Waals surface area (Å²) in [5.41, 5.74) is 0.749. The number of sulfone groups is 1. The molecule has 0 fully saturated rings. The molecule has 37 heavy (non-hydrogen) atoms. The molecule has 3 aromatic rings. The first-order chi connectivity index (χ1) is 17.4. The number of aliphatic hydroxyl groups excluding tert-OH is 1. The lowest BCUT2D eigenvalue weighted by Crippen LogP contribution is -2.26. The molecule has 0 heterocycles. The van der Waals surface area contributed by atoms with Gasteiger partial charge < -0.3 is 9.84 Å². The van der Waals surface area contributed by atoms with Crippen LogP contribution in [0.1, 0.15) is 34.2 Å². The Bertz CT molecular complexity index is 1310. The Kier molecular flexibility index (Phi) is 9.33. The Morgan fingerprint density at radius 3 is 2.32 bits per heavy atom. The Balaban J connectivity index is 1.73. The molecule has 10 heteroatoms. The van der Waals surface area contributed by atoms with E-state index >= 15 is 0 Å². The maximum absolute atomic E-state index is 14.3. The van der Waals surface area contributed by atoms with Crippen molar-refractivity contribution in [1.29, 1.82) is 0 Å². The van der Waals surface area contributed by atoms with Gasteiger partial charge in [0, 0.05) is 37.5 Å². The van der Waals surface area contributed by atoms with Gasteiger partial charge in [-0.2, -0.15) is 13.2 Å². The van der Waals surface area contributed by atoms with Gasteiger partial charge in [0.2, 0.25) is 0 Å². The standard InChI is InChI=1S/C27H29F4NO4S/c1-19-21(10-6-11-24(19)27(29,30)31)17-32(16-20-8-4-3-5-9-20)12-7-13-36-22-14-25(28)23(18-33)26(15-22)37(2,34)35/h3-6,8-11,14-15,33H,7,12-13,16-18H2,1-2H3. The quantitative estimate of drug-likeness (QED) is 0.257. The predicted molar refractivity (Wildman–Crippen MR) is 132 cm³/mol. The lowest BCUT2D eigenvalue weighted by atomic mass is 10.0. The van der Waals surface area contributed by atoms with Gasteiger partial charge in [0.25, 0.3) is 0 Å². The zero-order chi connectivity index (χ0) is 27.2. The minimum Gasteiger partial charge on any atom is -0.493 e. The fourth-order valence-electron chi connectivity index (χ4n) is 4.09. The number of benzene rings is 3.